The number of para-hydroxylation sites is 3. The molecule has 4 nitrogen and oxygen atoms in total. The number of fused-ring (bicyclic) bond motifs is 8. The zero-order valence-electron chi connectivity index (χ0n) is 19.3. The normalized spacial score (nSPS) is 16.9. The van der Waals surface area contributed by atoms with Gasteiger partial charge in [-0.25, -0.2) is 9.97 Å². The molecule has 4 heteroatoms. The molecule has 0 saturated carbocycles. The molecule has 0 bridgehead atoms. The first kappa shape index (κ1) is 18.9. The van der Waals surface area contributed by atoms with Crippen LogP contribution in [0.25, 0.3) is 44.1 Å². The maximum Gasteiger partial charge on any atom is 0.113 e. The number of nitrogens with zero attached hydrogens (tertiary/aromatic N) is 4. The number of anilines is 2. The van der Waals surface area contributed by atoms with Crippen molar-refractivity contribution in [2.45, 2.75) is 12.3 Å². The minimum Gasteiger partial charge on any atom is -0.342 e. The molecule has 4 aromatic rings. The van der Waals surface area contributed by atoms with E-state index in [4.69, 9.17) is 9.97 Å². The average molecular weight is 451 g/mol. The summed E-state index contributed by atoms with van der Waals surface area (Å²) in [6.45, 7) is 0. The van der Waals surface area contributed by atoms with Gasteiger partial charge in [-0.3, -0.25) is 0 Å². The Balaban J connectivity index is 1.54. The summed E-state index contributed by atoms with van der Waals surface area (Å²) in [5, 5.41) is 3.53. The lowest BCUT2D eigenvalue weighted by Crippen LogP contribution is -2.17. The highest BCUT2D eigenvalue weighted by molar-refractivity contribution is 6.11. The van der Waals surface area contributed by atoms with Gasteiger partial charge < -0.3 is 9.47 Å². The molecule has 0 unspecified atom stereocenters. The molecule has 35 heavy (non-hydrogen) atoms. The van der Waals surface area contributed by atoms with E-state index in [1.54, 1.807) is 0 Å². The molecule has 0 N–H and O–H groups in total. The van der Waals surface area contributed by atoms with E-state index in [1.165, 1.54) is 27.7 Å². The lowest BCUT2D eigenvalue weighted by Gasteiger charge is -2.28. The number of hydrogen-bond acceptors (Lipinski definition) is 3. The van der Waals surface area contributed by atoms with Gasteiger partial charge in [0.15, 0.2) is 0 Å². The van der Waals surface area contributed by atoms with E-state index in [0.29, 0.717) is 0 Å². The van der Waals surface area contributed by atoms with Gasteiger partial charge in [0, 0.05) is 28.9 Å². The molecule has 1 atom stereocenters. The second-order valence-corrected chi connectivity index (χ2v) is 9.44. The van der Waals surface area contributed by atoms with E-state index in [2.05, 4.69) is 114 Å². The largest absolute Gasteiger partial charge is 0.342 e. The molecule has 1 aromatic heterocycles. The molecular weight excluding hydrogens is 428 g/mol. The second-order valence-electron chi connectivity index (χ2n) is 9.44. The van der Waals surface area contributed by atoms with Crippen molar-refractivity contribution in [3.8, 4) is 11.4 Å². The zero-order valence-corrected chi connectivity index (χ0v) is 19.3. The Morgan fingerprint density at radius 3 is 2.51 bits per heavy atom. The van der Waals surface area contributed by atoms with Gasteiger partial charge in [0.05, 0.1) is 45.2 Å². The third-order valence-electron chi connectivity index (χ3n) is 7.56. The predicted molar refractivity (Wildman–Crippen MR) is 143 cm³/mol. The molecule has 0 radical (unpaired) electrons. The van der Waals surface area contributed by atoms with Crippen molar-refractivity contribution in [2.75, 3.05) is 4.90 Å². The highest BCUT2D eigenvalue weighted by atomic mass is 15.2. The maximum absolute atomic E-state index is 5.22. The monoisotopic (exact) mass is 450 g/mol. The highest BCUT2D eigenvalue weighted by Gasteiger charge is 2.39. The van der Waals surface area contributed by atoms with Gasteiger partial charge in [0.2, 0.25) is 0 Å². The van der Waals surface area contributed by atoms with Crippen molar-refractivity contribution < 1.29 is 0 Å². The van der Waals surface area contributed by atoms with Gasteiger partial charge in [-0.1, -0.05) is 72.8 Å². The molecule has 1 aliphatic carbocycles. The standard InChI is InChI=1S/C31H22N4/c1-34-25-16-8-5-13-22(25)31(29-30(34)20-11-3-7-15-24(20)33-29)35-26-17-9-4-12-21(26)28-27(35)18-19-10-2-6-14-23(19)32-28/h2-8,10-18,21H,9H2,1H3/t21-/m0/s1. The summed E-state index contributed by atoms with van der Waals surface area (Å²) in [5.41, 5.74) is 10.1. The summed E-state index contributed by atoms with van der Waals surface area (Å²) >= 11 is 0. The molecule has 4 aliphatic rings. The number of rotatable bonds is 1. The molecular formula is C31H22N4. The molecule has 0 fully saturated rings. The number of hydrogen-bond donors (Lipinski definition) is 0. The van der Waals surface area contributed by atoms with Gasteiger partial charge in [-0.15, -0.1) is 0 Å². The topological polar surface area (TPSA) is 34.0 Å². The van der Waals surface area contributed by atoms with Crippen LogP contribution in [0.5, 0.6) is 0 Å². The predicted octanol–water partition coefficient (Wildman–Crippen LogP) is 7.46. The van der Waals surface area contributed by atoms with Crippen molar-refractivity contribution in [3.05, 3.63) is 108 Å². The number of aromatic nitrogens is 3. The second kappa shape index (κ2) is 6.80. The average Bonchev–Trinajstić information content (AvgIpc) is 3.44. The SMILES string of the molecule is Cn1c2c3ccccc3nc-2c(N2C3=CCC=C[C@@H]3c3nc4ccccc4cc32)c2ccccc21. The van der Waals surface area contributed by atoms with E-state index < -0.39 is 0 Å². The van der Waals surface area contributed by atoms with E-state index in [1.807, 2.05) is 0 Å². The summed E-state index contributed by atoms with van der Waals surface area (Å²) in [6, 6.07) is 27.9. The minimum atomic E-state index is 0.149. The van der Waals surface area contributed by atoms with Crippen LogP contribution in [0.2, 0.25) is 0 Å². The smallest absolute Gasteiger partial charge is 0.113 e. The highest BCUT2D eigenvalue weighted by Crippen LogP contribution is 2.54. The van der Waals surface area contributed by atoms with Crippen molar-refractivity contribution in [3.63, 3.8) is 0 Å². The molecule has 8 rings (SSSR count). The van der Waals surface area contributed by atoms with Crippen LogP contribution in [0.3, 0.4) is 0 Å². The van der Waals surface area contributed by atoms with Gasteiger partial charge in [0.25, 0.3) is 0 Å². The fourth-order valence-electron chi connectivity index (χ4n) is 6.02. The summed E-state index contributed by atoms with van der Waals surface area (Å²) in [4.78, 5) is 12.8. The third-order valence-corrected chi connectivity index (χ3v) is 7.56. The van der Waals surface area contributed by atoms with Crippen LogP contribution >= 0.6 is 0 Å². The quantitative estimate of drug-likeness (QED) is 0.244. The van der Waals surface area contributed by atoms with Crippen LogP contribution in [0.4, 0.5) is 11.4 Å². The van der Waals surface area contributed by atoms with Crippen molar-refractivity contribution in [1.82, 2.24) is 14.5 Å². The van der Waals surface area contributed by atoms with Crippen LogP contribution in [0.1, 0.15) is 18.0 Å². The Morgan fingerprint density at radius 2 is 1.60 bits per heavy atom. The first-order valence-electron chi connectivity index (χ1n) is 12.1. The van der Waals surface area contributed by atoms with Gasteiger partial charge in [-0.2, -0.15) is 0 Å². The van der Waals surface area contributed by atoms with Crippen LogP contribution in [-0.2, 0) is 7.05 Å². The van der Waals surface area contributed by atoms with Crippen molar-refractivity contribution in [1.29, 1.82) is 0 Å². The van der Waals surface area contributed by atoms with E-state index in [9.17, 15) is 0 Å². The van der Waals surface area contributed by atoms with Crippen LogP contribution in [-0.4, -0.2) is 14.5 Å². The Morgan fingerprint density at radius 1 is 0.829 bits per heavy atom. The summed E-state index contributed by atoms with van der Waals surface area (Å²) in [6.07, 6.45) is 7.85. The summed E-state index contributed by atoms with van der Waals surface area (Å²) in [5.74, 6) is 0.149. The van der Waals surface area contributed by atoms with E-state index in [-0.39, 0.29) is 5.92 Å². The van der Waals surface area contributed by atoms with Crippen molar-refractivity contribution in [2.24, 2.45) is 7.05 Å². The number of pyridine rings is 2. The number of allylic oxidation sites excluding steroid dienone is 3. The van der Waals surface area contributed by atoms with Crippen LogP contribution in [0, 0.1) is 0 Å². The molecule has 0 saturated heterocycles. The maximum atomic E-state index is 5.22. The zero-order chi connectivity index (χ0) is 23.1. The van der Waals surface area contributed by atoms with Crippen molar-refractivity contribution >= 4 is 44.1 Å². The number of aryl methyl sites for hydroxylation is 1. The van der Waals surface area contributed by atoms with Gasteiger partial charge in [0.1, 0.15) is 5.69 Å². The van der Waals surface area contributed by atoms with E-state index in [0.717, 1.165) is 45.6 Å². The molecule has 3 aliphatic heterocycles. The Bertz CT molecular complexity index is 1860. The molecule has 166 valence electrons. The first-order chi connectivity index (χ1) is 17.3. The minimum absolute atomic E-state index is 0.149. The molecule has 0 spiro atoms. The molecule has 3 aromatic carbocycles. The summed E-state index contributed by atoms with van der Waals surface area (Å²) in [7, 11) is 2.15. The Labute approximate surface area is 202 Å². The fraction of sp³-hybridized carbons (Fsp3) is 0.0968. The number of benzene rings is 3. The molecule has 4 heterocycles. The van der Waals surface area contributed by atoms with Crippen LogP contribution < -0.4 is 4.90 Å². The van der Waals surface area contributed by atoms with Gasteiger partial charge >= 0.3 is 0 Å². The fourth-order valence-corrected chi connectivity index (χ4v) is 6.02. The summed E-state index contributed by atoms with van der Waals surface area (Å²) < 4.78 is 2.30. The van der Waals surface area contributed by atoms with Crippen LogP contribution in [0.15, 0.2) is 103 Å². The Hall–Kier alpha value is -4.44. The third kappa shape index (κ3) is 2.46. The first-order valence-corrected chi connectivity index (χ1v) is 12.1. The lowest BCUT2D eigenvalue weighted by atomic mass is 9.97. The Kier molecular flexibility index (Phi) is 3.68. The lowest BCUT2D eigenvalue weighted by molar-refractivity contribution is 0.937. The van der Waals surface area contributed by atoms with Gasteiger partial charge in [-0.05, 0) is 30.7 Å². The molecule has 0 amide bonds. The van der Waals surface area contributed by atoms with E-state index >= 15 is 0 Å².